The van der Waals surface area contributed by atoms with E-state index in [-0.39, 0.29) is 17.4 Å². The molecule has 0 aliphatic carbocycles. The summed E-state index contributed by atoms with van der Waals surface area (Å²) in [6, 6.07) is 32.1. The zero-order valence-electron chi connectivity index (χ0n) is 21.1. The van der Waals surface area contributed by atoms with E-state index in [2.05, 4.69) is 0 Å². The minimum atomic E-state index is -0.531. The third-order valence-corrected chi connectivity index (χ3v) is 6.88. The fourth-order valence-electron chi connectivity index (χ4n) is 5.12. The van der Waals surface area contributed by atoms with Gasteiger partial charge in [-0.15, -0.1) is 0 Å². The van der Waals surface area contributed by atoms with Crippen molar-refractivity contribution in [1.29, 1.82) is 0 Å². The highest BCUT2D eigenvalue weighted by Crippen LogP contribution is 2.39. The van der Waals surface area contributed by atoms with Crippen LogP contribution in [0.2, 0.25) is 0 Å². The van der Waals surface area contributed by atoms with Gasteiger partial charge in [-0.1, -0.05) is 66.7 Å². The number of Topliss-reactive ketones (excluding diaryl/α,β-unsaturated/α-hetero) is 1. The van der Waals surface area contributed by atoms with Crippen molar-refractivity contribution in [3.63, 3.8) is 0 Å². The summed E-state index contributed by atoms with van der Waals surface area (Å²) in [6.45, 7) is 1.43. The zero-order chi connectivity index (χ0) is 27.1. The average Bonchev–Trinajstić information content (AvgIpc) is 3.24. The Labute approximate surface area is 225 Å². The van der Waals surface area contributed by atoms with Crippen LogP contribution in [0.4, 0.5) is 5.69 Å². The molecular formula is C33H23N3O3. The van der Waals surface area contributed by atoms with Gasteiger partial charge in [0.05, 0.1) is 22.6 Å². The smallest absolute Gasteiger partial charge is 0.248 e. The molecule has 2 N–H and O–H groups in total. The molecule has 2 heterocycles. The average molecular weight is 510 g/mol. The molecule has 5 aromatic rings. The number of fused-ring (bicyclic) bond motifs is 2. The summed E-state index contributed by atoms with van der Waals surface area (Å²) in [4.78, 5) is 44.2. The summed E-state index contributed by atoms with van der Waals surface area (Å²) in [5.41, 5.74) is 12.2. The van der Waals surface area contributed by atoms with Gasteiger partial charge in [0.15, 0.2) is 0 Å². The molecule has 1 aliphatic heterocycles. The lowest BCUT2D eigenvalue weighted by Gasteiger charge is -2.17. The molecule has 0 fully saturated rings. The molecule has 0 spiro atoms. The van der Waals surface area contributed by atoms with Gasteiger partial charge in [-0.3, -0.25) is 19.3 Å². The number of carbonyl (C=O) groups excluding carboxylic acids is 3. The second-order valence-electron chi connectivity index (χ2n) is 9.33. The Morgan fingerprint density at radius 1 is 0.769 bits per heavy atom. The monoisotopic (exact) mass is 509 g/mol. The number of hydrogen-bond donors (Lipinski definition) is 1. The SMILES string of the molecule is CC(=O)N1/C(=C/c2cc(-c3ccccc3-c3ccccc3)c3cc(C(N)=O)ccc3n2)C(=O)c2ccccc21. The van der Waals surface area contributed by atoms with Gasteiger partial charge in [0.1, 0.15) is 0 Å². The second kappa shape index (κ2) is 9.50. The maximum absolute atomic E-state index is 13.4. The van der Waals surface area contributed by atoms with Gasteiger partial charge < -0.3 is 5.73 Å². The normalized spacial score (nSPS) is 13.6. The highest BCUT2D eigenvalue weighted by Gasteiger charge is 2.34. The first-order valence-electron chi connectivity index (χ1n) is 12.5. The molecule has 6 nitrogen and oxygen atoms in total. The second-order valence-corrected chi connectivity index (χ2v) is 9.33. The summed E-state index contributed by atoms with van der Waals surface area (Å²) in [5.74, 6) is -1.03. The number of carbonyl (C=O) groups is 3. The molecule has 0 radical (unpaired) electrons. The molecule has 0 atom stereocenters. The maximum Gasteiger partial charge on any atom is 0.248 e. The van der Waals surface area contributed by atoms with E-state index in [4.69, 9.17) is 10.7 Å². The topological polar surface area (TPSA) is 93.4 Å². The van der Waals surface area contributed by atoms with Gasteiger partial charge in [0.2, 0.25) is 17.6 Å². The fraction of sp³-hybridized carbons (Fsp3) is 0.0303. The quantitative estimate of drug-likeness (QED) is 0.290. The first kappa shape index (κ1) is 24.0. The molecule has 1 aliphatic rings. The van der Waals surface area contributed by atoms with E-state index in [1.807, 2.05) is 60.7 Å². The van der Waals surface area contributed by atoms with Crippen LogP contribution in [0.15, 0.2) is 109 Å². The number of benzene rings is 4. The van der Waals surface area contributed by atoms with Gasteiger partial charge in [-0.05, 0) is 64.7 Å². The lowest BCUT2D eigenvalue weighted by atomic mass is 9.91. The van der Waals surface area contributed by atoms with E-state index >= 15 is 0 Å². The Bertz CT molecular complexity index is 1840. The predicted octanol–water partition coefficient (Wildman–Crippen LogP) is 6.26. The van der Waals surface area contributed by atoms with E-state index in [9.17, 15) is 14.4 Å². The number of rotatable bonds is 4. The maximum atomic E-state index is 13.4. The Morgan fingerprint density at radius 2 is 1.44 bits per heavy atom. The molecule has 6 rings (SSSR count). The van der Waals surface area contributed by atoms with Gasteiger partial charge >= 0.3 is 0 Å². The Morgan fingerprint density at radius 3 is 2.15 bits per heavy atom. The highest BCUT2D eigenvalue weighted by molar-refractivity contribution is 6.26. The third-order valence-electron chi connectivity index (χ3n) is 6.88. The summed E-state index contributed by atoms with van der Waals surface area (Å²) in [5, 5.41) is 0.751. The number of anilines is 1. The molecule has 188 valence electrons. The van der Waals surface area contributed by atoms with Crippen LogP contribution in [0.1, 0.15) is 33.3 Å². The minimum absolute atomic E-state index is 0.238. The summed E-state index contributed by atoms with van der Waals surface area (Å²) in [7, 11) is 0. The van der Waals surface area contributed by atoms with Crippen LogP contribution in [0.5, 0.6) is 0 Å². The molecule has 4 aromatic carbocycles. The number of ketones is 1. The zero-order valence-corrected chi connectivity index (χ0v) is 21.1. The third kappa shape index (κ3) is 4.18. The number of primary amides is 1. The number of allylic oxidation sites excluding steroid dienone is 1. The Kier molecular flexibility index (Phi) is 5.85. The van der Waals surface area contributed by atoms with E-state index in [1.54, 1.807) is 48.5 Å². The van der Waals surface area contributed by atoms with Gasteiger partial charge in [-0.2, -0.15) is 0 Å². The van der Waals surface area contributed by atoms with Crippen LogP contribution in [-0.2, 0) is 4.79 Å². The highest BCUT2D eigenvalue weighted by atomic mass is 16.2. The number of aromatic nitrogens is 1. The molecular weight excluding hydrogens is 486 g/mol. The summed E-state index contributed by atoms with van der Waals surface area (Å²) >= 11 is 0. The van der Waals surface area contributed by atoms with Crippen LogP contribution in [0, 0.1) is 0 Å². The van der Waals surface area contributed by atoms with Crippen LogP contribution >= 0.6 is 0 Å². The summed E-state index contributed by atoms with van der Waals surface area (Å²) < 4.78 is 0. The lowest BCUT2D eigenvalue weighted by Crippen LogP contribution is -2.25. The molecule has 0 saturated heterocycles. The van der Waals surface area contributed by atoms with Crippen LogP contribution in [-0.4, -0.2) is 22.6 Å². The molecule has 39 heavy (non-hydrogen) atoms. The first-order valence-corrected chi connectivity index (χ1v) is 12.5. The first-order chi connectivity index (χ1) is 18.9. The van der Waals surface area contributed by atoms with Crippen molar-refractivity contribution in [3.05, 3.63) is 126 Å². The number of amides is 2. The molecule has 0 unspecified atom stereocenters. The molecule has 0 saturated carbocycles. The van der Waals surface area contributed by atoms with E-state index in [0.717, 1.165) is 27.6 Å². The minimum Gasteiger partial charge on any atom is -0.366 e. The van der Waals surface area contributed by atoms with Crippen molar-refractivity contribution in [2.45, 2.75) is 6.92 Å². The van der Waals surface area contributed by atoms with Crippen molar-refractivity contribution < 1.29 is 14.4 Å². The van der Waals surface area contributed by atoms with Crippen molar-refractivity contribution in [2.75, 3.05) is 4.90 Å². The van der Waals surface area contributed by atoms with E-state index < -0.39 is 5.91 Å². The lowest BCUT2D eigenvalue weighted by molar-refractivity contribution is -0.116. The molecule has 1 aromatic heterocycles. The van der Waals surface area contributed by atoms with Crippen molar-refractivity contribution in [3.8, 4) is 22.3 Å². The van der Waals surface area contributed by atoms with Crippen molar-refractivity contribution in [2.24, 2.45) is 5.73 Å². The molecule has 2 amide bonds. The Balaban J connectivity index is 1.61. The number of pyridine rings is 1. The van der Waals surface area contributed by atoms with Gasteiger partial charge in [0, 0.05) is 23.4 Å². The number of nitrogens with two attached hydrogens (primary N) is 1. The fourth-order valence-corrected chi connectivity index (χ4v) is 5.12. The largest absolute Gasteiger partial charge is 0.366 e. The number of nitrogens with zero attached hydrogens (tertiary/aromatic N) is 2. The number of para-hydroxylation sites is 1. The van der Waals surface area contributed by atoms with Crippen LogP contribution in [0.3, 0.4) is 0 Å². The van der Waals surface area contributed by atoms with Gasteiger partial charge in [-0.25, -0.2) is 4.98 Å². The Hall–Kier alpha value is -5.36. The predicted molar refractivity (Wildman–Crippen MR) is 153 cm³/mol. The van der Waals surface area contributed by atoms with Gasteiger partial charge in [0.25, 0.3) is 0 Å². The van der Waals surface area contributed by atoms with Crippen molar-refractivity contribution in [1.82, 2.24) is 4.98 Å². The van der Waals surface area contributed by atoms with Crippen molar-refractivity contribution >= 4 is 40.3 Å². The standard InChI is InChI=1S/C33H23N3O3/c1-20(37)36-30-14-8-7-13-26(30)32(38)31(36)19-23-18-27(28-17-22(33(34)39)15-16-29(28)35-23)25-12-6-5-11-24(25)21-9-3-2-4-10-21/h2-19H,1H3,(H2,34,39)/b31-19+. The molecule has 6 heteroatoms. The van der Waals surface area contributed by atoms with E-state index in [0.29, 0.717) is 28.0 Å². The van der Waals surface area contributed by atoms with Crippen LogP contribution in [0.25, 0.3) is 39.2 Å². The molecule has 0 bridgehead atoms. The number of hydrogen-bond acceptors (Lipinski definition) is 4. The van der Waals surface area contributed by atoms with E-state index in [1.165, 1.54) is 11.8 Å². The summed E-state index contributed by atoms with van der Waals surface area (Å²) in [6.07, 6.45) is 1.65. The van der Waals surface area contributed by atoms with Crippen LogP contribution < -0.4 is 10.6 Å².